The summed E-state index contributed by atoms with van der Waals surface area (Å²) in [4.78, 5) is 22.5. The van der Waals surface area contributed by atoms with E-state index in [1.807, 2.05) is 0 Å². The molecular formula is C12H15NO2. The Hall–Kier alpha value is -1.38. The van der Waals surface area contributed by atoms with E-state index in [2.05, 4.69) is 17.5 Å². The van der Waals surface area contributed by atoms with Gasteiger partial charge in [0, 0.05) is 17.6 Å². The topological polar surface area (TPSA) is 46.2 Å². The SMILES string of the molecule is O=C1C=C(C2/C=C\CCCCC2)C(=O)N1. The first kappa shape index (κ1) is 10.1. The number of nitrogens with one attached hydrogen (secondary N) is 1. The highest BCUT2D eigenvalue weighted by Gasteiger charge is 2.26. The largest absolute Gasteiger partial charge is 0.289 e. The van der Waals surface area contributed by atoms with E-state index in [1.54, 1.807) is 0 Å². The molecular weight excluding hydrogens is 190 g/mol. The Morgan fingerprint density at radius 1 is 1.20 bits per heavy atom. The number of rotatable bonds is 1. The second kappa shape index (κ2) is 4.43. The van der Waals surface area contributed by atoms with Crippen LogP contribution in [0.4, 0.5) is 0 Å². The van der Waals surface area contributed by atoms with Crippen LogP contribution in [0.3, 0.4) is 0 Å². The van der Waals surface area contributed by atoms with Gasteiger partial charge in [-0.2, -0.15) is 0 Å². The highest BCUT2D eigenvalue weighted by Crippen LogP contribution is 2.25. The van der Waals surface area contributed by atoms with Crippen molar-refractivity contribution in [3.63, 3.8) is 0 Å². The summed E-state index contributed by atoms with van der Waals surface area (Å²) in [6, 6.07) is 0. The summed E-state index contributed by atoms with van der Waals surface area (Å²) in [5.41, 5.74) is 0.637. The minimum atomic E-state index is -0.273. The van der Waals surface area contributed by atoms with Gasteiger partial charge in [-0.15, -0.1) is 0 Å². The molecule has 0 aromatic rings. The summed E-state index contributed by atoms with van der Waals surface area (Å²) in [7, 11) is 0. The van der Waals surface area contributed by atoms with Crippen LogP contribution in [0, 0.1) is 5.92 Å². The first-order valence-electron chi connectivity index (χ1n) is 5.51. The summed E-state index contributed by atoms with van der Waals surface area (Å²) in [5.74, 6) is -0.350. The van der Waals surface area contributed by atoms with Crippen LogP contribution in [-0.2, 0) is 9.59 Å². The van der Waals surface area contributed by atoms with Crippen molar-refractivity contribution in [3.8, 4) is 0 Å². The van der Waals surface area contributed by atoms with Crippen LogP contribution in [0.2, 0.25) is 0 Å². The number of carbonyl (C=O) groups is 2. The zero-order chi connectivity index (χ0) is 10.7. The number of allylic oxidation sites excluding steroid dienone is 2. The third-order valence-corrected chi connectivity index (χ3v) is 2.94. The summed E-state index contributed by atoms with van der Waals surface area (Å²) in [6.07, 6.45) is 11.3. The van der Waals surface area contributed by atoms with E-state index in [1.165, 1.54) is 18.9 Å². The van der Waals surface area contributed by atoms with E-state index < -0.39 is 0 Å². The Bertz CT molecular complexity index is 342. The minimum Gasteiger partial charge on any atom is -0.289 e. The lowest BCUT2D eigenvalue weighted by Crippen LogP contribution is -2.24. The van der Waals surface area contributed by atoms with Gasteiger partial charge in [-0.1, -0.05) is 25.0 Å². The molecule has 2 rings (SSSR count). The third kappa shape index (κ3) is 2.35. The molecule has 1 unspecified atom stereocenters. The van der Waals surface area contributed by atoms with Gasteiger partial charge in [0.2, 0.25) is 0 Å². The van der Waals surface area contributed by atoms with E-state index >= 15 is 0 Å². The zero-order valence-corrected chi connectivity index (χ0v) is 8.66. The quantitative estimate of drug-likeness (QED) is 0.523. The highest BCUT2D eigenvalue weighted by molar-refractivity contribution is 6.16. The van der Waals surface area contributed by atoms with Crippen molar-refractivity contribution >= 4 is 11.8 Å². The van der Waals surface area contributed by atoms with Crippen LogP contribution in [0.25, 0.3) is 0 Å². The summed E-state index contributed by atoms with van der Waals surface area (Å²) >= 11 is 0. The molecule has 0 aromatic heterocycles. The second-order valence-electron chi connectivity index (χ2n) is 4.09. The van der Waals surface area contributed by atoms with Gasteiger partial charge in [0.05, 0.1) is 0 Å². The minimum absolute atomic E-state index is 0.136. The number of hydrogen-bond acceptors (Lipinski definition) is 2. The first-order chi connectivity index (χ1) is 7.27. The molecule has 1 aliphatic heterocycles. The van der Waals surface area contributed by atoms with Gasteiger partial charge in [-0.25, -0.2) is 0 Å². The Morgan fingerprint density at radius 3 is 2.80 bits per heavy atom. The molecule has 1 aliphatic carbocycles. The Balaban J connectivity index is 2.14. The fraction of sp³-hybridized carbons (Fsp3) is 0.500. The lowest BCUT2D eigenvalue weighted by Gasteiger charge is -2.14. The van der Waals surface area contributed by atoms with Crippen molar-refractivity contribution < 1.29 is 9.59 Å². The van der Waals surface area contributed by atoms with Gasteiger partial charge in [0.25, 0.3) is 11.8 Å². The van der Waals surface area contributed by atoms with Crippen molar-refractivity contribution in [2.75, 3.05) is 0 Å². The molecule has 0 aromatic carbocycles. The number of hydrogen-bond donors (Lipinski definition) is 1. The number of amides is 2. The van der Waals surface area contributed by atoms with Gasteiger partial charge < -0.3 is 0 Å². The lowest BCUT2D eigenvalue weighted by atomic mass is 9.90. The maximum atomic E-state index is 11.4. The predicted molar refractivity (Wildman–Crippen MR) is 56.9 cm³/mol. The van der Waals surface area contributed by atoms with Crippen molar-refractivity contribution in [3.05, 3.63) is 23.8 Å². The summed E-state index contributed by atoms with van der Waals surface area (Å²) in [5, 5.41) is 2.30. The van der Waals surface area contributed by atoms with Gasteiger partial charge in [0.15, 0.2) is 0 Å². The van der Waals surface area contributed by atoms with Crippen LogP contribution in [-0.4, -0.2) is 11.8 Å². The molecule has 0 fully saturated rings. The standard InChI is InChI=1S/C12H15NO2/c14-11-8-10(12(15)13-11)9-6-4-2-1-3-5-7-9/h4,6,8-9H,1-3,5,7H2,(H,13,14,15)/b6-4-. The maximum Gasteiger partial charge on any atom is 0.254 e. The third-order valence-electron chi connectivity index (χ3n) is 2.94. The molecule has 3 nitrogen and oxygen atoms in total. The highest BCUT2D eigenvalue weighted by atomic mass is 16.2. The normalized spacial score (nSPS) is 29.1. The molecule has 0 saturated carbocycles. The van der Waals surface area contributed by atoms with Gasteiger partial charge in [0.1, 0.15) is 0 Å². The molecule has 0 bridgehead atoms. The number of imide groups is 1. The van der Waals surface area contributed by atoms with Crippen LogP contribution in [0.1, 0.15) is 32.1 Å². The average Bonchev–Trinajstić information content (AvgIpc) is 2.45. The maximum absolute atomic E-state index is 11.4. The summed E-state index contributed by atoms with van der Waals surface area (Å²) < 4.78 is 0. The van der Waals surface area contributed by atoms with Crippen LogP contribution in [0.5, 0.6) is 0 Å². The Labute approximate surface area is 89.2 Å². The molecule has 2 aliphatic rings. The fourth-order valence-electron chi connectivity index (χ4n) is 2.12. The van der Waals surface area contributed by atoms with Crippen molar-refractivity contribution in [2.45, 2.75) is 32.1 Å². The van der Waals surface area contributed by atoms with E-state index in [9.17, 15) is 9.59 Å². The molecule has 0 spiro atoms. The van der Waals surface area contributed by atoms with Gasteiger partial charge in [-0.05, 0) is 19.3 Å². The van der Waals surface area contributed by atoms with Crippen molar-refractivity contribution in [1.29, 1.82) is 0 Å². The molecule has 0 radical (unpaired) electrons. The first-order valence-corrected chi connectivity index (χ1v) is 5.51. The molecule has 0 saturated heterocycles. The molecule has 1 heterocycles. The average molecular weight is 205 g/mol. The van der Waals surface area contributed by atoms with E-state index in [4.69, 9.17) is 0 Å². The van der Waals surface area contributed by atoms with Crippen LogP contribution < -0.4 is 5.32 Å². The Kier molecular flexibility index (Phi) is 2.99. The number of carbonyl (C=O) groups excluding carboxylic acids is 2. The zero-order valence-electron chi connectivity index (χ0n) is 8.66. The molecule has 2 amide bonds. The monoisotopic (exact) mass is 205 g/mol. The molecule has 3 heteroatoms. The van der Waals surface area contributed by atoms with Crippen LogP contribution >= 0.6 is 0 Å². The fourth-order valence-corrected chi connectivity index (χ4v) is 2.12. The lowest BCUT2D eigenvalue weighted by molar-refractivity contribution is -0.124. The summed E-state index contributed by atoms with van der Waals surface area (Å²) in [6.45, 7) is 0. The van der Waals surface area contributed by atoms with Crippen molar-refractivity contribution in [2.24, 2.45) is 5.92 Å². The molecule has 15 heavy (non-hydrogen) atoms. The van der Waals surface area contributed by atoms with Crippen molar-refractivity contribution in [1.82, 2.24) is 5.32 Å². The Morgan fingerprint density at radius 2 is 2.07 bits per heavy atom. The van der Waals surface area contributed by atoms with E-state index in [0.29, 0.717) is 5.57 Å². The second-order valence-corrected chi connectivity index (χ2v) is 4.09. The smallest absolute Gasteiger partial charge is 0.254 e. The van der Waals surface area contributed by atoms with Gasteiger partial charge in [-0.3, -0.25) is 14.9 Å². The molecule has 1 N–H and O–H groups in total. The van der Waals surface area contributed by atoms with E-state index in [0.717, 1.165) is 19.3 Å². The van der Waals surface area contributed by atoms with Gasteiger partial charge >= 0.3 is 0 Å². The van der Waals surface area contributed by atoms with E-state index in [-0.39, 0.29) is 17.7 Å². The molecule has 80 valence electrons. The molecule has 1 atom stereocenters. The van der Waals surface area contributed by atoms with Crippen LogP contribution in [0.15, 0.2) is 23.8 Å². The predicted octanol–water partition coefficient (Wildman–Crippen LogP) is 1.71.